The highest BCUT2D eigenvalue weighted by Gasteiger charge is 2.42. The van der Waals surface area contributed by atoms with Gasteiger partial charge in [-0.15, -0.1) is 0 Å². The van der Waals surface area contributed by atoms with Gasteiger partial charge in [-0.1, -0.05) is 6.07 Å². The highest BCUT2D eigenvalue weighted by atomic mass is 16.5. The zero-order valence-corrected chi connectivity index (χ0v) is 10.6. The van der Waals surface area contributed by atoms with Crippen molar-refractivity contribution in [3.05, 3.63) is 29.6 Å². The van der Waals surface area contributed by atoms with Crippen LogP contribution in [0.25, 0.3) is 0 Å². The quantitative estimate of drug-likeness (QED) is 0.815. The SMILES string of the molecule is COCCC(=O)N1[C@H]2CC[C@H]1c1cccnc1C2. The van der Waals surface area contributed by atoms with E-state index in [4.69, 9.17) is 4.74 Å². The van der Waals surface area contributed by atoms with E-state index < -0.39 is 0 Å². The molecule has 96 valence electrons. The summed E-state index contributed by atoms with van der Waals surface area (Å²) in [6.07, 6.45) is 5.41. The molecule has 0 unspecified atom stereocenters. The normalized spacial score (nSPS) is 25.1. The van der Waals surface area contributed by atoms with E-state index >= 15 is 0 Å². The van der Waals surface area contributed by atoms with Crippen molar-refractivity contribution in [1.29, 1.82) is 0 Å². The number of carbonyl (C=O) groups is 1. The molecule has 0 aliphatic carbocycles. The van der Waals surface area contributed by atoms with E-state index in [1.807, 2.05) is 12.3 Å². The van der Waals surface area contributed by atoms with Gasteiger partial charge >= 0.3 is 0 Å². The van der Waals surface area contributed by atoms with Gasteiger partial charge < -0.3 is 9.64 Å². The molecule has 0 aromatic carbocycles. The molecule has 3 rings (SSSR count). The standard InChI is InChI=1S/C14H18N2O2/c1-18-8-6-14(17)16-10-4-5-13(16)11-3-2-7-15-12(11)9-10/h2-3,7,10,13H,4-6,8-9H2,1H3/t10-,13-/m0/s1. The minimum Gasteiger partial charge on any atom is -0.384 e. The Morgan fingerprint density at radius 1 is 1.56 bits per heavy atom. The molecule has 0 N–H and O–H groups in total. The van der Waals surface area contributed by atoms with E-state index in [0.29, 0.717) is 19.1 Å². The summed E-state index contributed by atoms with van der Waals surface area (Å²) in [4.78, 5) is 18.8. The molecule has 2 aliphatic rings. The van der Waals surface area contributed by atoms with Gasteiger partial charge in [0.25, 0.3) is 0 Å². The first-order chi connectivity index (χ1) is 8.81. The number of hydrogen-bond acceptors (Lipinski definition) is 3. The number of pyridine rings is 1. The van der Waals surface area contributed by atoms with Crippen molar-refractivity contribution in [2.45, 2.75) is 37.8 Å². The first-order valence-corrected chi connectivity index (χ1v) is 6.55. The number of nitrogens with zero attached hydrogens (tertiary/aromatic N) is 2. The van der Waals surface area contributed by atoms with Crippen LogP contribution >= 0.6 is 0 Å². The molecule has 1 aromatic heterocycles. The first kappa shape index (κ1) is 11.7. The van der Waals surface area contributed by atoms with E-state index in [1.165, 1.54) is 11.3 Å². The molecule has 1 saturated heterocycles. The van der Waals surface area contributed by atoms with Crippen LogP contribution in [0.1, 0.15) is 36.6 Å². The lowest BCUT2D eigenvalue weighted by molar-refractivity contribution is -0.135. The summed E-state index contributed by atoms with van der Waals surface area (Å²) in [6.45, 7) is 0.509. The first-order valence-electron chi connectivity index (χ1n) is 6.55. The summed E-state index contributed by atoms with van der Waals surface area (Å²) in [5.74, 6) is 0.221. The summed E-state index contributed by atoms with van der Waals surface area (Å²) < 4.78 is 5.00. The Bertz CT molecular complexity index is 461. The van der Waals surface area contributed by atoms with Crippen LogP contribution in [0, 0.1) is 0 Å². The van der Waals surface area contributed by atoms with Crippen molar-refractivity contribution in [3.63, 3.8) is 0 Å². The molecule has 1 fully saturated rings. The van der Waals surface area contributed by atoms with Crippen LogP contribution in [-0.2, 0) is 16.0 Å². The molecule has 1 amide bonds. The van der Waals surface area contributed by atoms with Crippen molar-refractivity contribution in [1.82, 2.24) is 9.88 Å². The maximum absolute atomic E-state index is 12.3. The summed E-state index contributed by atoms with van der Waals surface area (Å²) in [6, 6.07) is 4.68. The number of rotatable bonds is 3. The molecular weight excluding hydrogens is 228 g/mol. The molecule has 2 aliphatic heterocycles. The van der Waals surface area contributed by atoms with Crippen molar-refractivity contribution < 1.29 is 9.53 Å². The van der Waals surface area contributed by atoms with Gasteiger partial charge in [0.05, 0.1) is 19.1 Å². The second kappa shape index (κ2) is 4.69. The number of aromatic nitrogens is 1. The molecular formula is C14H18N2O2. The third kappa shape index (κ3) is 1.81. The molecule has 3 heterocycles. The number of amides is 1. The van der Waals surface area contributed by atoms with Crippen LogP contribution in [0.4, 0.5) is 0 Å². The van der Waals surface area contributed by atoms with Crippen LogP contribution in [0.3, 0.4) is 0 Å². The molecule has 4 nitrogen and oxygen atoms in total. The Labute approximate surface area is 107 Å². The predicted octanol–water partition coefficient (Wildman–Crippen LogP) is 1.71. The highest BCUT2D eigenvalue weighted by molar-refractivity contribution is 5.78. The molecule has 0 saturated carbocycles. The molecule has 0 spiro atoms. The number of ether oxygens (including phenoxy) is 1. The number of hydrogen-bond donors (Lipinski definition) is 0. The van der Waals surface area contributed by atoms with Crippen molar-refractivity contribution in [2.24, 2.45) is 0 Å². The Morgan fingerprint density at radius 3 is 3.28 bits per heavy atom. The molecule has 2 atom stereocenters. The van der Waals surface area contributed by atoms with Gasteiger partial charge in [-0.25, -0.2) is 0 Å². The van der Waals surface area contributed by atoms with Crippen LogP contribution < -0.4 is 0 Å². The summed E-state index contributed by atoms with van der Waals surface area (Å²) >= 11 is 0. The average Bonchev–Trinajstić information content (AvgIpc) is 2.72. The smallest absolute Gasteiger partial charge is 0.225 e. The van der Waals surface area contributed by atoms with E-state index in [-0.39, 0.29) is 11.9 Å². The van der Waals surface area contributed by atoms with E-state index in [1.54, 1.807) is 7.11 Å². The van der Waals surface area contributed by atoms with Gasteiger partial charge in [-0.3, -0.25) is 9.78 Å². The summed E-state index contributed by atoms with van der Waals surface area (Å²) in [7, 11) is 1.64. The van der Waals surface area contributed by atoms with Gasteiger partial charge in [0.1, 0.15) is 0 Å². The fourth-order valence-corrected chi connectivity index (χ4v) is 3.23. The number of carbonyl (C=O) groups excluding carboxylic acids is 1. The van der Waals surface area contributed by atoms with Crippen molar-refractivity contribution >= 4 is 5.91 Å². The maximum atomic E-state index is 12.3. The Kier molecular flexibility index (Phi) is 3.04. The lowest BCUT2D eigenvalue weighted by Gasteiger charge is -2.35. The van der Waals surface area contributed by atoms with Crippen LogP contribution in [0.5, 0.6) is 0 Å². The third-order valence-corrected chi connectivity index (χ3v) is 4.02. The third-order valence-electron chi connectivity index (χ3n) is 4.02. The minimum atomic E-state index is 0.221. The van der Waals surface area contributed by atoms with E-state index in [0.717, 1.165) is 19.3 Å². The van der Waals surface area contributed by atoms with E-state index in [9.17, 15) is 4.79 Å². The van der Waals surface area contributed by atoms with Crippen LogP contribution in [0.2, 0.25) is 0 Å². The molecule has 18 heavy (non-hydrogen) atoms. The van der Waals surface area contributed by atoms with Crippen LogP contribution in [0.15, 0.2) is 18.3 Å². The van der Waals surface area contributed by atoms with Gasteiger partial charge in [0.15, 0.2) is 0 Å². The fourth-order valence-electron chi connectivity index (χ4n) is 3.23. The van der Waals surface area contributed by atoms with Gasteiger partial charge in [0, 0.05) is 31.5 Å². The fraction of sp³-hybridized carbons (Fsp3) is 0.571. The summed E-state index contributed by atoms with van der Waals surface area (Å²) in [5, 5.41) is 0. The van der Waals surface area contributed by atoms with Gasteiger partial charge in [0.2, 0.25) is 5.91 Å². The molecule has 1 aromatic rings. The zero-order chi connectivity index (χ0) is 12.5. The Balaban J connectivity index is 1.85. The van der Waals surface area contributed by atoms with Gasteiger partial charge in [-0.05, 0) is 24.5 Å². The highest BCUT2D eigenvalue weighted by Crippen LogP contribution is 2.43. The monoisotopic (exact) mass is 246 g/mol. The second-order valence-electron chi connectivity index (χ2n) is 5.03. The second-order valence-corrected chi connectivity index (χ2v) is 5.03. The lowest BCUT2D eigenvalue weighted by atomic mass is 9.97. The Hall–Kier alpha value is -1.42. The van der Waals surface area contributed by atoms with Gasteiger partial charge in [-0.2, -0.15) is 0 Å². The molecule has 2 bridgehead atoms. The topological polar surface area (TPSA) is 42.4 Å². The van der Waals surface area contributed by atoms with Crippen molar-refractivity contribution in [2.75, 3.05) is 13.7 Å². The number of methoxy groups -OCH3 is 1. The minimum absolute atomic E-state index is 0.221. The lowest BCUT2D eigenvalue weighted by Crippen LogP contribution is -2.42. The molecule has 4 heteroatoms. The van der Waals surface area contributed by atoms with E-state index in [2.05, 4.69) is 16.0 Å². The van der Waals surface area contributed by atoms with Crippen molar-refractivity contribution in [3.8, 4) is 0 Å². The number of fused-ring (bicyclic) bond motifs is 4. The maximum Gasteiger partial charge on any atom is 0.225 e. The van der Waals surface area contributed by atoms with Crippen LogP contribution in [-0.4, -0.2) is 35.5 Å². The largest absolute Gasteiger partial charge is 0.384 e. The molecule has 0 radical (unpaired) electrons. The predicted molar refractivity (Wildman–Crippen MR) is 67.0 cm³/mol. The summed E-state index contributed by atoms with van der Waals surface area (Å²) in [5.41, 5.74) is 2.43. The average molecular weight is 246 g/mol. The zero-order valence-electron chi connectivity index (χ0n) is 10.6. The Morgan fingerprint density at radius 2 is 2.44 bits per heavy atom.